The molecule has 1 aromatic carbocycles. The topological polar surface area (TPSA) is 29.0 Å². The quantitative estimate of drug-likeness (QED) is 0.622. The summed E-state index contributed by atoms with van der Waals surface area (Å²) in [5.74, 6) is 0.744. The van der Waals surface area contributed by atoms with Crippen molar-refractivity contribution in [3.05, 3.63) is 41.6 Å². The predicted molar refractivity (Wildman–Crippen MR) is 77.8 cm³/mol. The highest BCUT2D eigenvalue weighted by molar-refractivity contribution is 7.98. The van der Waals surface area contributed by atoms with Crippen molar-refractivity contribution < 1.29 is 0 Å². The first-order valence-corrected chi connectivity index (χ1v) is 7.04. The van der Waals surface area contributed by atoms with Crippen molar-refractivity contribution in [3.63, 3.8) is 0 Å². The number of nitrogens with zero attached hydrogens (tertiary/aromatic N) is 3. The molecular weight excluding hydrogens is 242 g/mol. The van der Waals surface area contributed by atoms with E-state index in [1.54, 1.807) is 11.8 Å². The first-order chi connectivity index (χ1) is 8.63. The molecule has 1 heterocycles. The Morgan fingerprint density at radius 3 is 2.33 bits per heavy atom. The van der Waals surface area contributed by atoms with Gasteiger partial charge in [0.25, 0.3) is 0 Å². The molecule has 2 rings (SSSR count). The van der Waals surface area contributed by atoms with Gasteiger partial charge in [-0.25, -0.2) is 9.97 Å². The summed E-state index contributed by atoms with van der Waals surface area (Å²) in [6, 6.07) is 10.1. The lowest BCUT2D eigenvalue weighted by Gasteiger charge is -2.19. The van der Waals surface area contributed by atoms with Crippen molar-refractivity contribution in [1.29, 1.82) is 0 Å². The van der Waals surface area contributed by atoms with Crippen LogP contribution in [0.25, 0.3) is 0 Å². The van der Waals surface area contributed by atoms with Crippen LogP contribution in [0.2, 0.25) is 0 Å². The molecule has 0 aliphatic rings. The Balaban J connectivity index is 2.43. The second-order valence-corrected chi connectivity index (χ2v) is 4.93. The Bertz CT molecular complexity index is 540. The second kappa shape index (κ2) is 5.40. The largest absolute Gasteiger partial charge is 0.314 e. The molecule has 0 atom stereocenters. The van der Waals surface area contributed by atoms with Gasteiger partial charge in [-0.15, -0.1) is 11.8 Å². The molecule has 0 radical (unpaired) electrons. The summed E-state index contributed by atoms with van der Waals surface area (Å²) in [5, 5.41) is 1.04. The molecule has 0 fully saturated rings. The van der Waals surface area contributed by atoms with E-state index in [0.29, 0.717) is 0 Å². The molecule has 1 aromatic heterocycles. The van der Waals surface area contributed by atoms with Gasteiger partial charge in [0.2, 0.25) is 5.95 Å². The van der Waals surface area contributed by atoms with Gasteiger partial charge >= 0.3 is 0 Å². The third-order valence-electron chi connectivity index (χ3n) is 2.97. The highest BCUT2D eigenvalue weighted by Gasteiger charge is 2.11. The fourth-order valence-electron chi connectivity index (χ4n) is 1.70. The number of aromatic nitrogens is 2. The van der Waals surface area contributed by atoms with Gasteiger partial charge in [0, 0.05) is 24.0 Å². The zero-order chi connectivity index (χ0) is 13.1. The molecule has 0 unspecified atom stereocenters. The summed E-state index contributed by atoms with van der Waals surface area (Å²) in [7, 11) is 1.99. The van der Waals surface area contributed by atoms with Crippen LogP contribution < -0.4 is 4.90 Å². The summed E-state index contributed by atoms with van der Waals surface area (Å²) in [4.78, 5) is 11.2. The molecule has 0 bridgehead atoms. The van der Waals surface area contributed by atoms with Gasteiger partial charge < -0.3 is 4.90 Å². The maximum atomic E-state index is 4.61. The SMILES string of the molecule is CSc1nc(N(C)c2ccccc2)nc(C)c1C. The first kappa shape index (κ1) is 12.9. The number of rotatable bonds is 3. The Morgan fingerprint density at radius 1 is 1.06 bits per heavy atom. The van der Waals surface area contributed by atoms with Gasteiger partial charge in [-0.1, -0.05) is 18.2 Å². The van der Waals surface area contributed by atoms with Crippen LogP contribution in [0.4, 0.5) is 11.6 Å². The molecule has 0 spiro atoms. The van der Waals surface area contributed by atoms with Crippen molar-refractivity contribution in [2.75, 3.05) is 18.2 Å². The second-order valence-electron chi connectivity index (χ2n) is 4.14. The number of para-hydroxylation sites is 1. The molecular formula is C14H17N3S. The zero-order valence-electron chi connectivity index (χ0n) is 11.1. The first-order valence-electron chi connectivity index (χ1n) is 5.81. The van der Waals surface area contributed by atoms with Crippen LogP contribution >= 0.6 is 11.8 Å². The Morgan fingerprint density at radius 2 is 1.72 bits per heavy atom. The fraction of sp³-hybridized carbons (Fsp3) is 0.286. The van der Waals surface area contributed by atoms with E-state index in [4.69, 9.17) is 0 Å². The van der Waals surface area contributed by atoms with E-state index < -0.39 is 0 Å². The summed E-state index contributed by atoms with van der Waals surface area (Å²) < 4.78 is 0. The summed E-state index contributed by atoms with van der Waals surface area (Å²) >= 11 is 1.66. The van der Waals surface area contributed by atoms with Gasteiger partial charge in [0.1, 0.15) is 5.03 Å². The van der Waals surface area contributed by atoms with E-state index in [-0.39, 0.29) is 0 Å². The monoisotopic (exact) mass is 259 g/mol. The van der Waals surface area contributed by atoms with Crippen LogP contribution in [0, 0.1) is 13.8 Å². The molecule has 0 aliphatic carbocycles. The number of anilines is 2. The smallest absolute Gasteiger partial charge is 0.230 e. The molecule has 3 nitrogen and oxygen atoms in total. The van der Waals surface area contributed by atoms with Gasteiger partial charge in [-0.2, -0.15) is 0 Å². The lowest BCUT2D eigenvalue weighted by atomic mass is 10.3. The van der Waals surface area contributed by atoms with Gasteiger partial charge in [-0.05, 0) is 32.2 Å². The minimum Gasteiger partial charge on any atom is -0.314 e. The van der Waals surface area contributed by atoms with Crippen molar-refractivity contribution in [1.82, 2.24) is 9.97 Å². The number of aryl methyl sites for hydroxylation is 1. The average molecular weight is 259 g/mol. The number of hydrogen-bond acceptors (Lipinski definition) is 4. The maximum Gasteiger partial charge on any atom is 0.230 e. The summed E-state index contributed by atoms with van der Waals surface area (Å²) in [6.45, 7) is 4.09. The molecule has 94 valence electrons. The van der Waals surface area contributed by atoms with Gasteiger partial charge in [-0.3, -0.25) is 0 Å². The van der Waals surface area contributed by atoms with Crippen LogP contribution in [-0.4, -0.2) is 23.3 Å². The van der Waals surface area contributed by atoms with E-state index in [0.717, 1.165) is 27.9 Å². The minimum absolute atomic E-state index is 0.744. The molecule has 0 aliphatic heterocycles. The van der Waals surface area contributed by atoms with Crippen molar-refractivity contribution in [2.45, 2.75) is 18.9 Å². The van der Waals surface area contributed by atoms with Crippen LogP contribution in [0.1, 0.15) is 11.3 Å². The van der Waals surface area contributed by atoms with Crippen molar-refractivity contribution >= 4 is 23.4 Å². The van der Waals surface area contributed by atoms with Crippen LogP contribution in [0.15, 0.2) is 35.4 Å². The molecule has 4 heteroatoms. The fourth-order valence-corrected chi connectivity index (χ4v) is 2.33. The maximum absolute atomic E-state index is 4.61. The third kappa shape index (κ3) is 2.48. The lowest BCUT2D eigenvalue weighted by Crippen LogP contribution is -2.14. The minimum atomic E-state index is 0.744. The van der Waals surface area contributed by atoms with E-state index in [2.05, 4.69) is 29.0 Å². The molecule has 0 saturated heterocycles. The highest BCUT2D eigenvalue weighted by atomic mass is 32.2. The van der Waals surface area contributed by atoms with Crippen LogP contribution in [-0.2, 0) is 0 Å². The average Bonchev–Trinajstić information content (AvgIpc) is 2.42. The number of thioether (sulfide) groups is 1. The van der Waals surface area contributed by atoms with Crippen LogP contribution in [0.3, 0.4) is 0 Å². The Hall–Kier alpha value is -1.55. The van der Waals surface area contributed by atoms with E-state index >= 15 is 0 Å². The molecule has 0 saturated carbocycles. The summed E-state index contributed by atoms with van der Waals surface area (Å²) in [6.07, 6.45) is 2.04. The van der Waals surface area contributed by atoms with Crippen molar-refractivity contribution in [2.24, 2.45) is 0 Å². The molecule has 0 amide bonds. The van der Waals surface area contributed by atoms with E-state index in [1.807, 2.05) is 43.3 Å². The number of hydrogen-bond donors (Lipinski definition) is 0. The van der Waals surface area contributed by atoms with Gasteiger partial charge in [0.05, 0.1) is 0 Å². The molecule has 18 heavy (non-hydrogen) atoms. The third-order valence-corrected chi connectivity index (χ3v) is 3.75. The highest BCUT2D eigenvalue weighted by Crippen LogP contribution is 2.25. The van der Waals surface area contributed by atoms with Crippen molar-refractivity contribution in [3.8, 4) is 0 Å². The molecule has 2 aromatic rings. The summed E-state index contributed by atoms with van der Waals surface area (Å²) in [5.41, 5.74) is 3.28. The van der Waals surface area contributed by atoms with Gasteiger partial charge in [0.15, 0.2) is 0 Å². The Labute approximate surface area is 112 Å². The lowest BCUT2D eigenvalue weighted by molar-refractivity contribution is 0.926. The van der Waals surface area contributed by atoms with Crippen LogP contribution in [0.5, 0.6) is 0 Å². The van der Waals surface area contributed by atoms with E-state index in [9.17, 15) is 0 Å². The normalized spacial score (nSPS) is 10.4. The standard InChI is InChI=1S/C14H17N3S/c1-10-11(2)15-14(16-13(10)18-4)17(3)12-8-6-5-7-9-12/h5-9H,1-4H3. The predicted octanol–water partition coefficient (Wildman–Crippen LogP) is 3.58. The van der Waals surface area contributed by atoms with E-state index in [1.165, 1.54) is 0 Å². The Kier molecular flexibility index (Phi) is 3.87. The molecule has 0 N–H and O–H groups in total. The zero-order valence-corrected chi connectivity index (χ0v) is 12.0. The number of benzene rings is 1.